The number of hydrogen-bond acceptors (Lipinski definition) is 4. The van der Waals surface area contributed by atoms with Crippen molar-refractivity contribution in [1.29, 1.82) is 0 Å². The molecule has 0 bridgehead atoms. The highest BCUT2D eigenvalue weighted by atomic mass is 16.2. The van der Waals surface area contributed by atoms with Gasteiger partial charge in [0.15, 0.2) is 0 Å². The van der Waals surface area contributed by atoms with Gasteiger partial charge in [-0.05, 0) is 37.2 Å². The number of aryl methyl sites for hydroxylation is 1. The van der Waals surface area contributed by atoms with Crippen molar-refractivity contribution in [2.45, 2.75) is 51.1 Å². The van der Waals surface area contributed by atoms with E-state index in [-0.39, 0.29) is 35.2 Å². The molecule has 7 heteroatoms. The van der Waals surface area contributed by atoms with Crippen LogP contribution in [0.3, 0.4) is 0 Å². The fourth-order valence-corrected chi connectivity index (χ4v) is 4.04. The Hall–Kier alpha value is -2.18. The van der Waals surface area contributed by atoms with Crippen LogP contribution in [-0.4, -0.2) is 33.7 Å². The zero-order valence-electron chi connectivity index (χ0n) is 14.1. The van der Waals surface area contributed by atoms with Gasteiger partial charge in [-0.25, -0.2) is 4.68 Å². The Bertz CT molecular complexity index is 699. The molecule has 2 aliphatic rings. The molecule has 24 heavy (non-hydrogen) atoms. The number of nitrogens with one attached hydrogen (secondary N) is 2. The summed E-state index contributed by atoms with van der Waals surface area (Å²) in [5.41, 5.74) is -0.0130. The summed E-state index contributed by atoms with van der Waals surface area (Å²) >= 11 is 0. The molecule has 0 aromatic carbocycles. The number of piperidine rings is 1. The van der Waals surface area contributed by atoms with Crippen LogP contribution in [-0.2, 0) is 11.8 Å². The zero-order chi connectivity index (χ0) is 17.3. The third-order valence-corrected chi connectivity index (χ3v) is 5.36. The molecule has 1 aliphatic heterocycles. The Morgan fingerprint density at radius 1 is 1.38 bits per heavy atom. The van der Waals surface area contributed by atoms with Crippen molar-refractivity contribution in [1.82, 2.24) is 20.4 Å². The van der Waals surface area contributed by atoms with Gasteiger partial charge in [0.25, 0.3) is 11.5 Å². The van der Waals surface area contributed by atoms with Gasteiger partial charge in [-0.2, -0.15) is 5.10 Å². The summed E-state index contributed by atoms with van der Waals surface area (Å²) in [5, 5.41) is 10.1. The molecule has 2 fully saturated rings. The Kier molecular flexibility index (Phi) is 4.69. The molecule has 2 heterocycles. The molecular weight excluding hydrogens is 308 g/mol. The van der Waals surface area contributed by atoms with Gasteiger partial charge in [0.2, 0.25) is 5.91 Å². The molecular formula is C17H24N4O3. The largest absolute Gasteiger partial charge is 0.353 e. The molecule has 2 amide bonds. The first kappa shape index (κ1) is 16.7. The summed E-state index contributed by atoms with van der Waals surface area (Å²) in [5.74, 6) is 0.806. The molecule has 7 nitrogen and oxygen atoms in total. The van der Waals surface area contributed by atoms with Gasteiger partial charge in [0, 0.05) is 31.6 Å². The van der Waals surface area contributed by atoms with Crippen molar-refractivity contribution in [2.24, 2.45) is 18.9 Å². The SMILES string of the molecule is CCC1CC(=O)NC2CC(NC(=O)c3ccc(=O)n(C)n3)CCC12. The lowest BCUT2D eigenvalue weighted by atomic mass is 9.70. The predicted octanol–water partition coefficient (Wildman–Crippen LogP) is 0.594. The van der Waals surface area contributed by atoms with Gasteiger partial charge in [0.05, 0.1) is 0 Å². The minimum atomic E-state index is -0.275. The Labute approximate surface area is 140 Å². The molecule has 1 aliphatic carbocycles. The third kappa shape index (κ3) is 3.34. The fourth-order valence-electron chi connectivity index (χ4n) is 4.04. The van der Waals surface area contributed by atoms with Crippen LogP contribution in [0.15, 0.2) is 16.9 Å². The van der Waals surface area contributed by atoms with Crippen LogP contribution in [0.5, 0.6) is 0 Å². The van der Waals surface area contributed by atoms with Crippen molar-refractivity contribution in [2.75, 3.05) is 0 Å². The van der Waals surface area contributed by atoms with Gasteiger partial charge < -0.3 is 10.6 Å². The van der Waals surface area contributed by atoms with Crippen LogP contribution in [0.2, 0.25) is 0 Å². The summed E-state index contributed by atoms with van der Waals surface area (Å²) in [6.45, 7) is 2.14. The Balaban J connectivity index is 1.64. The molecule has 2 N–H and O–H groups in total. The smallest absolute Gasteiger partial charge is 0.271 e. The maximum Gasteiger partial charge on any atom is 0.271 e. The van der Waals surface area contributed by atoms with E-state index in [9.17, 15) is 14.4 Å². The Morgan fingerprint density at radius 3 is 2.88 bits per heavy atom. The van der Waals surface area contributed by atoms with Crippen LogP contribution < -0.4 is 16.2 Å². The second-order valence-electron chi connectivity index (χ2n) is 6.87. The van der Waals surface area contributed by atoms with Crippen molar-refractivity contribution in [3.05, 3.63) is 28.2 Å². The number of aromatic nitrogens is 2. The van der Waals surface area contributed by atoms with E-state index in [1.165, 1.54) is 19.2 Å². The average molecular weight is 332 g/mol. The molecule has 1 aromatic rings. The van der Waals surface area contributed by atoms with Crippen molar-refractivity contribution in [3.63, 3.8) is 0 Å². The topological polar surface area (TPSA) is 93.1 Å². The minimum absolute atomic E-state index is 0.0219. The highest BCUT2D eigenvalue weighted by molar-refractivity contribution is 5.92. The highest BCUT2D eigenvalue weighted by Crippen LogP contribution is 2.36. The maximum absolute atomic E-state index is 12.3. The van der Waals surface area contributed by atoms with Crippen molar-refractivity contribution in [3.8, 4) is 0 Å². The summed E-state index contributed by atoms with van der Waals surface area (Å²) in [7, 11) is 1.52. The first-order chi connectivity index (χ1) is 11.5. The van der Waals surface area contributed by atoms with Crippen LogP contribution >= 0.6 is 0 Å². The summed E-state index contributed by atoms with van der Waals surface area (Å²) in [4.78, 5) is 35.6. The monoisotopic (exact) mass is 332 g/mol. The van der Waals surface area contributed by atoms with Gasteiger partial charge >= 0.3 is 0 Å². The highest BCUT2D eigenvalue weighted by Gasteiger charge is 2.40. The second-order valence-corrected chi connectivity index (χ2v) is 6.87. The molecule has 1 aromatic heterocycles. The third-order valence-electron chi connectivity index (χ3n) is 5.36. The standard InChI is InChI=1S/C17H24N4O3/c1-3-10-8-15(22)19-14-9-11(4-5-12(10)14)18-17(24)13-6-7-16(23)21(2)20-13/h6-7,10-12,14H,3-5,8-9H2,1-2H3,(H,18,24)(H,19,22). The first-order valence-electron chi connectivity index (χ1n) is 8.62. The molecule has 130 valence electrons. The lowest BCUT2D eigenvalue weighted by Gasteiger charge is -2.43. The van der Waals surface area contributed by atoms with Crippen LogP contribution in [0.1, 0.15) is 49.5 Å². The van der Waals surface area contributed by atoms with Gasteiger partial charge in [-0.15, -0.1) is 0 Å². The Morgan fingerprint density at radius 2 is 2.17 bits per heavy atom. The number of fused-ring (bicyclic) bond motifs is 1. The van der Waals surface area contributed by atoms with E-state index in [1.54, 1.807) is 0 Å². The number of hydrogen-bond donors (Lipinski definition) is 2. The van der Waals surface area contributed by atoms with E-state index in [4.69, 9.17) is 0 Å². The van der Waals surface area contributed by atoms with Crippen LogP contribution in [0.4, 0.5) is 0 Å². The summed E-state index contributed by atoms with van der Waals surface area (Å²) in [6, 6.07) is 2.95. The van der Waals surface area contributed by atoms with Gasteiger partial charge in [-0.3, -0.25) is 14.4 Å². The number of amides is 2. The average Bonchev–Trinajstić information content (AvgIpc) is 2.56. The summed E-state index contributed by atoms with van der Waals surface area (Å²) in [6.07, 6.45) is 4.31. The quantitative estimate of drug-likeness (QED) is 0.847. The zero-order valence-corrected chi connectivity index (χ0v) is 14.1. The van der Waals surface area contributed by atoms with Crippen molar-refractivity contribution >= 4 is 11.8 Å². The normalized spacial score (nSPS) is 29.5. The van der Waals surface area contributed by atoms with Crippen LogP contribution in [0, 0.1) is 11.8 Å². The number of nitrogens with zero attached hydrogens (tertiary/aromatic N) is 2. The number of rotatable bonds is 3. The van der Waals surface area contributed by atoms with E-state index in [0.717, 1.165) is 30.4 Å². The maximum atomic E-state index is 12.3. The van der Waals surface area contributed by atoms with Crippen molar-refractivity contribution < 1.29 is 9.59 Å². The summed E-state index contributed by atoms with van der Waals surface area (Å²) < 4.78 is 1.15. The lowest BCUT2D eigenvalue weighted by Crippen LogP contribution is -2.55. The predicted molar refractivity (Wildman–Crippen MR) is 88.4 cm³/mol. The van der Waals surface area contributed by atoms with Gasteiger partial charge in [0.1, 0.15) is 5.69 Å². The molecule has 3 rings (SSSR count). The van der Waals surface area contributed by atoms with Crippen LogP contribution in [0.25, 0.3) is 0 Å². The molecule has 1 saturated carbocycles. The molecule has 1 saturated heterocycles. The number of carbonyl (C=O) groups excluding carboxylic acids is 2. The van der Waals surface area contributed by atoms with E-state index in [2.05, 4.69) is 22.7 Å². The van der Waals surface area contributed by atoms with E-state index >= 15 is 0 Å². The molecule has 0 spiro atoms. The fraction of sp³-hybridized carbons (Fsp3) is 0.647. The molecule has 4 unspecified atom stereocenters. The second kappa shape index (κ2) is 6.75. The number of carbonyl (C=O) groups is 2. The van der Waals surface area contributed by atoms with E-state index in [0.29, 0.717) is 18.3 Å². The minimum Gasteiger partial charge on any atom is -0.353 e. The van der Waals surface area contributed by atoms with Gasteiger partial charge in [-0.1, -0.05) is 13.3 Å². The van der Waals surface area contributed by atoms with E-state index < -0.39 is 0 Å². The van der Waals surface area contributed by atoms with E-state index in [1.807, 2.05) is 0 Å². The lowest BCUT2D eigenvalue weighted by molar-refractivity contribution is -0.127. The molecule has 4 atom stereocenters. The molecule has 0 radical (unpaired) electrons. The first-order valence-corrected chi connectivity index (χ1v) is 8.62.